The van der Waals surface area contributed by atoms with Gasteiger partial charge in [-0.1, -0.05) is 0 Å². The second kappa shape index (κ2) is 9.72. The maximum atomic E-state index is 11.0. The van der Waals surface area contributed by atoms with E-state index in [0.717, 1.165) is 28.3 Å². The van der Waals surface area contributed by atoms with Crippen LogP contribution < -0.4 is 0 Å². The standard InChI is InChI=1S/C29H32N4O4/c1-16(34)24-14-22-10-6-20-8-12-26(30-20)27-13-9-21(31-27)7-11-23-15-25(17(2)35)29(33(23)19(4)37-5)28(24)32(22)18(3)36/h6-19,34-36H,1-5H3. The molecule has 4 unspecified atom stereocenters. The number of hydrogen-bond donors (Lipinski definition) is 3. The minimum atomic E-state index is -0.920. The van der Waals surface area contributed by atoms with E-state index in [2.05, 4.69) is 0 Å². The molecule has 8 heteroatoms. The van der Waals surface area contributed by atoms with Crippen molar-refractivity contribution < 1.29 is 20.1 Å². The summed E-state index contributed by atoms with van der Waals surface area (Å²) in [6.07, 6.45) is 4.75. The monoisotopic (exact) mass is 500 g/mol. The molecular formula is C29H32N4O4. The van der Waals surface area contributed by atoms with Gasteiger partial charge in [-0.2, -0.15) is 0 Å². The van der Waals surface area contributed by atoms with Gasteiger partial charge in [0.2, 0.25) is 0 Å². The predicted octanol–water partition coefficient (Wildman–Crippen LogP) is 5.38. The van der Waals surface area contributed by atoms with Crippen LogP contribution in [0, 0.1) is 0 Å². The van der Waals surface area contributed by atoms with Crippen molar-refractivity contribution in [2.45, 2.75) is 52.4 Å². The zero-order valence-electron chi connectivity index (χ0n) is 21.6. The predicted molar refractivity (Wildman–Crippen MR) is 146 cm³/mol. The summed E-state index contributed by atoms with van der Waals surface area (Å²) in [7, 11) is 1.62. The fourth-order valence-electron chi connectivity index (χ4n) is 4.99. The van der Waals surface area contributed by atoms with Crippen LogP contribution in [0.1, 0.15) is 86.3 Å². The maximum absolute atomic E-state index is 11.0. The first kappa shape index (κ1) is 25.1. The Kier molecular flexibility index (Phi) is 6.59. The summed E-state index contributed by atoms with van der Waals surface area (Å²) in [5, 5.41) is 32.7. The molecule has 0 amide bonds. The Bertz CT molecular complexity index is 1570. The summed E-state index contributed by atoms with van der Waals surface area (Å²) in [6, 6.07) is 11.4. The molecule has 2 aliphatic heterocycles. The molecule has 4 atom stereocenters. The minimum Gasteiger partial charge on any atom is -0.389 e. The Morgan fingerprint density at radius 1 is 0.676 bits per heavy atom. The summed E-state index contributed by atoms with van der Waals surface area (Å²) in [5.41, 5.74) is 7.13. The van der Waals surface area contributed by atoms with Gasteiger partial charge in [-0.05, 0) is 88.4 Å². The van der Waals surface area contributed by atoms with Crippen molar-refractivity contribution in [1.82, 2.24) is 19.1 Å². The smallest absolute Gasteiger partial charge is 0.131 e. The van der Waals surface area contributed by atoms with Crippen LogP contribution in [0.2, 0.25) is 0 Å². The average Bonchev–Trinajstić information content (AvgIpc) is 3.63. The molecule has 192 valence electrons. The first-order valence-electron chi connectivity index (χ1n) is 12.4. The lowest BCUT2D eigenvalue weighted by atomic mass is 10.1. The van der Waals surface area contributed by atoms with Gasteiger partial charge in [-0.15, -0.1) is 0 Å². The number of aliphatic hydroxyl groups excluding tert-OH is 3. The number of fused-ring (bicyclic) bond motifs is 10. The van der Waals surface area contributed by atoms with Crippen molar-refractivity contribution in [1.29, 1.82) is 0 Å². The third-order valence-electron chi connectivity index (χ3n) is 6.83. The van der Waals surface area contributed by atoms with Gasteiger partial charge in [0.15, 0.2) is 0 Å². The summed E-state index contributed by atoms with van der Waals surface area (Å²) in [4.78, 5) is 9.41. The van der Waals surface area contributed by atoms with Crippen molar-refractivity contribution in [2.24, 2.45) is 0 Å². The summed E-state index contributed by atoms with van der Waals surface area (Å²) in [6.45, 7) is 7.00. The number of ether oxygens (including phenoxy) is 1. The van der Waals surface area contributed by atoms with E-state index in [9.17, 15) is 15.3 Å². The van der Waals surface area contributed by atoms with Gasteiger partial charge in [0, 0.05) is 29.3 Å². The first-order valence-corrected chi connectivity index (χ1v) is 12.4. The van der Waals surface area contributed by atoms with Crippen LogP contribution in [0.4, 0.5) is 0 Å². The number of rotatable bonds is 5. The lowest BCUT2D eigenvalue weighted by Crippen LogP contribution is -2.10. The van der Waals surface area contributed by atoms with E-state index >= 15 is 0 Å². The van der Waals surface area contributed by atoms with Crippen LogP contribution in [-0.2, 0) is 4.74 Å². The molecule has 8 bridgehead atoms. The number of aromatic nitrogens is 4. The largest absolute Gasteiger partial charge is 0.389 e. The third kappa shape index (κ3) is 4.42. The van der Waals surface area contributed by atoms with Crippen molar-refractivity contribution in [3.8, 4) is 0 Å². The third-order valence-corrected chi connectivity index (χ3v) is 6.83. The van der Waals surface area contributed by atoms with E-state index in [1.54, 1.807) is 32.4 Å². The van der Waals surface area contributed by atoms with E-state index < -0.39 is 24.7 Å². The Labute approximate surface area is 215 Å². The van der Waals surface area contributed by atoms with Crippen molar-refractivity contribution >= 4 is 46.4 Å². The molecule has 8 nitrogen and oxygen atoms in total. The van der Waals surface area contributed by atoms with Gasteiger partial charge in [0.05, 0.1) is 46.0 Å². The zero-order chi connectivity index (χ0) is 26.4. The Morgan fingerprint density at radius 3 is 1.57 bits per heavy atom. The van der Waals surface area contributed by atoms with E-state index in [1.165, 1.54) is 0 Å². The van der Waals surface area contributed by atoms with Gasteiger partial charge >= 0.3 is 0 Å². The molecule has 3 aromatic heterocycles. The van der Waals surface area contributed by atoms with Crippen molar-refractivity contribution in [2.75, 3.05) is 7.11 Å². The van der Waals surface area contributed by atoms with Gasteiger partial charge in [0.25, 0.3) is 0 Å². The molecule has 0 radical (unpaired) electrons. The molecule has 5 rings (SSSR count). The molecule has 0 fully saturated rings. The highest BCUT2D eigenvalue weighted by molar-refractivity contribution is 5.90. The highest BCUT2D eigenvalue weighted by atomic mass is 16.5. The molecular weight excluding hydrogens is 468 g/mol. The zero-order valence-corrected chi connectivity index (χ0v) is 21.6. The van der Waals surface area contributed by atoms with Crippen LogP contribution in [0.15, 0.2) is 36.4 Å². The first-order chi connectivity index (χ1) is 17.7. The fourth-order valence-corrected chi connectivity index (χ4v) is 4.99. The SMILES string of the molecule is COC(C)n1c2ccc3nc(c4nc(ccc5cc(C(C)O)c(c1c(C(C)O)c2)n5C(C)O)C=C4)C=C3. The molecule has 0 aliphatic carbocycles. The molecule has 0 saturated carbocycles. The van der Waals surface area contributed by atoms with Gasteiger partial charge in [0.1, 0.15) is 12.5 Å². The second-order valence-corrected chi connectivity index (χ2v) is 9.48. The Balaban J connectivity index is 2.08. The van der Waals surface area contributed by atoms with Crippen molar-refractivity contribution in [3.05, 3.63) is 70.3 Å². The summed E-state index contributed by atoms with van der Waals surface area (Å²) in [5.74, 6) is 0. The van der Waals surface area contributed by atoms with Gasteiger partial charge in [-0.3, -0.25) is 0 Å². The number of hydrogen-bond acceptors (Lipinski definition) is 6. The van der Waals surface area contributed by atoms with Crippen LogP contribution in [-0.4, -0.2) is 41.5 Å². The van der Waals surface area contributed by atoms with Crippen molar-refractivity contribution in [3.63, 3.8) is 0 Å². The molecule has 37 heavy (non-hydrogen) atoms. The molecule has 0 saturated heterocycles. The highest BCUT2D eigenvalue weighted by Crippen LogP contribution is 2.37. The topological polar surface area (TPSA) is 106 Å². The fraction of sp³-hybridized carbons (Fsp3) is 0.310. The van der Waals surface area contributed by atoms with Gasteiger partial charge < -0.3 is 29.2 Å². The number of methoxy groups -OCH3 is 1. The van der Waals surface area contributed by atoms with Crippen LogP contribution in [0.3, 0.4) is 0 Å². The van der Waals surface area contributed by atoms with Crippen LogP contribution in [0.5, 0.6) is 0 Å². The summed E-state index contributed by atoms with van der Waals surface area (Å²) < 4.78 is 9.51. The van der Waals surface area contributed by atoms with Crippen LogP contribution >= 0.6 is 0 Å². The molecule has 0 spiro atoms. The molecule has 5 heterocycles. The molecule has 3 aromatic rings. The quantitative estimate of drug-likeness (QED) is 0.299. The highest BCUT2D eigenvalue weighted by Gasteiger charge is 2.24. The van der Waals surface area contributed by atoms with Gasteiger partial charge in [-0.25, -0.2) is 9.97 Å². The second-order valence-electron chi connectivity index (χ2n) is 9.48. The average molecular weight is 501 g/mol. The van der Waals surface area contributed by atoms with E-state index in [-0.39, 0.29) is 0 Å². The lowest BCUT2D eigenvalue weighted by Gasteiger charge is -2.19. The lowest BCUT2D eigenvalue weighted by molar-refractivity contribution is 0.0671. The number of aliphatic hydroxyl groups is 3. The minimum absolute atomic E-state index is 0.410. The maximum Gasteiger partial charge on any atom is 0.131 e. The Morgan fingerprint density at radius 2 is 1.14 bits per heavy atom. The van der Waals surface area contributed by atoms with E-state index in [1.807, 2.05) is 72.2 Å². The molecule has 0 aromatic carbocycles. The number of nitrogens with zero attached hydrogens (tertiary/aromatic N) is 4. The van der Waals surface area contributed by atoms with E-state index in [4.69, 9.17) is 14.7 Å². The summed E-state index contributed by atoms with van der Waals surface area (Å²) >= 11 is 0. The Hall–Kier alpha value is -3.56. The molecule has 3 N–H and O–H groups in total. The molecule has 2 aliphatic rings. The normalized spacial score (nSPS) is 16.1. The van der Waals surface area contributed by atoms with Crippen LogP contribution in [0.25, 0.3) is 46.4 Å². The van der Waals surface area contributed by atoms with E-state index in [0.29, 0.717) is 27.7 Å².